The maximum Gasteiger partial charge on any atom is 0.344 e. The lowest BCUT2D eigenvalue weighted by Gasteiger charge is -2.46. The maximum atomic E-state index is 6.83. The van der Waals surface area contributed by atoms with Crippen LogP contribution >= 0.6 is 0 Å². The van der Waals surface area contributed by atoms with Gasteiger partial charge in [0.05, 0.1) is 6.10 Å². The number of rotatable bonds is 9. The molecule has 0 unspecified atom stereocenters. The first-order valence-electron chi connectivity index (χ1n) is 12.3. The number of benzene rings is 2. The fourth-order valence-electron chi connectivity index (χ4n) is 4.82. The Morgan fingerprint density at radius 3 is 2.10 bits per heavy atom. The molecule has 3 rings (SSSR count). The fraction of sp³-hybridized carbons (Fsp3) is 0.481. The van der Waals surface area contributed by atoms with Crippen LogP contribution in [0.5, 0.6) is 0 Å². The molecule has 0 spiro atoms. The lowest BCUT2D eigenvalue weighted by atomic mass is 9.34. The molecule has 4 heteroatoms. The topological polar surface area (TPSA) is 12.5 Å². The van der Waals surface area contributed by atoms with Crippen molar-refractivity contribution in [1.82, 2.24) is 4.72 Å². The molecular formula is C27H38B2NO-. The second-order valence-corrected chi connectivity index (χ2v) is 9.45. The summed E-state index contributed by atoms with van der Waals surface area (Å²) in [7, 11) is 0.0929. The number of nitrogens with zero attached hydrogens (tertiary/aromatic N) is 1. The van der Waals surface area contributed by atoms with Gasteiger partial charge < -0.3 is 9.38 Å². The highest BCUT2D eigenvalue weighted by molar-refractivity contribution is 6.89. The Morgan fingerprint density at radius 2 is 1.48 bits per heavy atom. The molecule has 1 aliphatic heterocycles. The zero-order valence-electron chi connectivity index (χ0n) is 19.9. The van der Waals surface area contributed by atoms with E-state index in [0.29, 0.717) is 0 Å². The molecule has 0 saturated carbocycles. The van der Waals surface area contributed by atoms with Gasteiger partial charge in [0, 0.05) is 12.5 Å². The Labute approximate surface area is 190 Å². The summed E-state index contributed by atoms with van der Waals surface area (Å²) in [5.74, 6) is 7.22. The van der Waals surface area contributed by atoms with Crippen molar-refractivity contribution in [3.63, 3.8) is 0 Å². The first kappa shape index (κ1) is 23.7. The molecule has 1 fully saturated rings. The van der Waals surface area contributed by atoms with Crippen molar-refractivity contribution < 1.29 is 4.65 Å². The molecule has 0 bridgehead atoms. The third-order valence-corrected chi connectivity index (χ3v) is 6.42. The van der Waals surface area contributed by atoms with Gasteiger partial charge in [0.15, 0.2) is 0 Å². The standard InChI is InChI=1S/C27H38B2NO/c1-5-7-9-10-17-23-29(3,4)30-26(24-18-13-11-14-19-24)27(25-20-15-12-16-21-25)31-28(30)22-8-6-2/h11-16,18-21,26-27H,5-10,22H2,1-4H3/q-1/t26-,27+/m0/s1. The van der Waals surface area contributed by atoms with Crippen LogP contribution in [0.4, 0.5) is 0 Å². The minimum absolute atomic E-state index is 0.0218. The summed E-state index contributed by atoms with van der Waals surface area (Å²) < 4.78 is 9.45. The summed E-state index contributed by atoms with van der Waals surface area (Å²) >= 11 is 0. The van der Waals surface area contributed by atoms with Gasteiger partial charge in [-0.3, -0.25) is 5.82 Å². The third-order valence-electron chi connectivity index (χ3n) is 6.42. The molecule has 2 aromatic carbocycles. The highest BCUT2D eigenvalue weighted by Gasteiger charge is 2.46. The normalized spacial score (nSPS) is 19.3. The Hall–Kier alpha value is -1.95. The Kier molecular flexibility index (Phi) is 8.88. The largest absolute Gasteiger partial charge is 0.473 e. The lowest BCUT2D eigenvalue weighted by molar-refractivity contribution is 0.206. The maximum absolute atomic E-state index is 6.83. The van der Waals surface area contributed by atoms with Crippen LogP contribution in [0.25, 0.3) is 0 Å². The highest BCUT2D eigenvalue weighted by Crippen LogP contribution is 2.47. The van der Waals surface area contributed by atoms with Crippen molar-refractivity contribution in [3.05, 3.63) is 71.8 Å². The quantitative estimate of drug-likeness (QED) is 0.241. The van der Waals surface area contributed by atoms with E-state index < -0.39 is 6.28 Å². The summed E-state index contributed by atoms with van der Waals surface area (Å²) in [5, 5.41) is 0. The van der Waals surface area contributed by atoms with Crippen molar-refractivity contribution >= 4 is 13.3 Å². The van der Waals surface area contributed by atoms with E-state index in [1.165, 1.54) is 43.2 Å². The molecule has 1 aliphatic rings. The van der Waals surface area contributed by atoms with Crippen LogP contribution in [0.15, 0.2) is 60.7 Å². The summed E-state index contributed by atoms with van der Waals surface area (Å²) in [6, 6.07) is 21.8. The highest BCUT2D eigenvalue weighted by atomic mass is 16.5. The zero-order valence-corrected chi connectivity index (χ0v) is 19.9. The minimum atomic E-state index is -1.06. The van der Waals surface area contributed by atoms with Crippen LogP contribution in [-0.2, 0) is 4.65 Å². The van der Waals surface area contributed by atoms with Crippen LogP contribution in [0.1, 0.15) is 75.6 Å². The first-order valence-corrected chi connectivity index (χ1v) is 12.3. The molecule has 31 heavy (non-hydrogen) atoms. The number of hydrogen-bond acceptors (Lipinski definition) is 2. The molecule has 164 valence electrons. The smallest absolute Gasteiger partial charge is 0.344 e. The van der Waals surface area contributed by atoms with Crippen LogP contribution in [-0.4, -0.2) is 18.1 Å². The van der Waals surface area contributed by atoms with Gasteiger partial charge in [0.25, 0.3) is 0 Å². The van der Waals surface area contributed by atoms with Crippen molar-refractivity contribution in [3.8, 4) is 11.7 Å². The van der Waals surface area contributed by atoms with Gasteiger partial charge in [0.2, 0.25) is 0 Å². The van der Waals surface area contributed by atoms with E-state index in [4.69, 9.17) is 4.65 Å². The van der Waals surface area contributed by atoms with Gasteiger partial charge in [-0.25, -0.2) is 0 Å². The molecule has 1 heterocycles. The van der Waals surface area contributed by atoms with E-state index in [9.17, 15) is 0 Å². The number of unbranched alkanes of at least 4 members (excludes halogenated alkanes) is 4. The van der Waals surface area contributed by atoms with Crippen LogP contribution in [0.3, 0.4) is 0 Å². The first-order chi connectivity index (χ1) is 15.1. The monoisotopic (exact) mass is 414 g/mol. The molecule has 1 saturated heterocycles. The number of hydrogen-bond donors (Lipinski definition) is 0. The van der Waals surface area contributed by atoms with Crippen LogP contribution in [0, 0.1) is 11.7 Å². The van der Waals surface area contributed by atoms with Gasteiger partial charge in [0.1, 0.15) is 6.28 Å². The molecule has 2 nitrogen and oxygen atoms in total. The van der Waals surface area contributed by atoms with Crippen molar-refractivity contribution in [1.29, 1.82) is 0 Å². The molecule has 2 atom stereocenters. The summed E-state index contributed by atoms with van der Waals surface area (Å²) in [4.78, 5) is 0. The van der Waals surface area contributed by atoms with Crippen LogP contribution in [0.2, 0.25) is 20.0 Å². The molecule has 0 aromatic heterocycles. The fourth-order valence-corrected chi connectivity index (χ4v) is 4.82. The predicted molar refractivity (Wildman–Crippen MR) is 136 cm³/mol. The summed E-state index contributed by atoms with van der Waals surface area (Å²) in [6.07, 6.45) is 7.04. The molecule has 0 aliphatic carbocycles. The van der Waals surface area contributed by atoms with E-state index in [0.717, 1.165) is 12.7 Å². The van der Waals surface area contributed by atoms with E-state index in [2.05, 4.69) is 105 Å². The predicted octanol–water partition coefficient (Wildman–Crippen LogP) is 7.42. The van der Waals surface area contributed by atoms with Gasteiger partial charge >= 0.3 is 7.05 Å². The molecule has 0 radical (unpaired) electrons. The average Bonchev–Trinajstić information content (AvgIpc) is 3.19. The summed E-state index contributed by atoms with van der Waals surface area (Å²) in [5.41, 5.74) is 2.57. The molecule has 0 N–H and O–H groups in total. The Morgan fingerprint density at radius 1 is 0.871 bits per heavy atom. The van der Waals surface area contributed by atoms with Crippen LogP contribution < -0.4 is 0 Å². The lowest BCUT2D eigenvalue weighted by Crippen LogP contribution is -2.54. The van der Waals surface area contributed by atoms with Gasteiger partial charge in [-0.05, 0) is 23.9 Å². The molecule has 2 aromatic rings. The molecular weight excluding hydrogens is 376 g/mol. The Balaban J connectivity index is 1.99. The molecule has 0 amide bonds. The SMILES string of the molecule is CCCCCC#C[B-](C)(C)N1B(CCCC)O[C@H](c2ccccc2)[C@@H]1c1ccccc1. The van der Waals surface area contributed by atoms with E-state index in [1.54, 1.807) is 0 Å². The van der Waals surface area contributed by atoms with Crippen molar-refractivity contribution in [2.24, 2.45) is 0 Å². The van der Waals surface area contributed by atoms with Gasteiger partial charge in [-0.15, -0.1) is 5.92 Å². The minimum Gasteiger partial charge on any atom is -0.473 e. The van der Waals surface area contributed by atoms with E-state index >= 15 is 0 Å². The van der Waals surface area contributed by atoms with Gasteiger partial charge in [-0.1, -0.05) is 100 Å². The van der Waals surface area contributed by atoms with Crippen molar-refractivity contribution in [2.45, 2.75) is 84.5 Å². The Bertz CT molecular complexity index is 844. The second-order valence-electron chi connectivity index (χ2n) is 9.45. The van der Waals surface area contributed by atoms with Crippen molar-refractivity contribution in [2.75, 3.05) is 0 Å². The summed E-state index contributed by atoms with van der Waals surface area (Å²) in [6.45, 7) is 9.17. The van der Waals surface area contributed by atoms with Gasteiger partial charge in [-0.2, -0.15) is 13.6 Å². The average molecular weight is 414 g/mol. The van der Waals surface area contributed by atoms with E-state index in [1.807, 2.05) is 0 Å². The third kappa shape index (κ3) is 6.06. The van der Waals surface area contributed by atoms with E-state index in [-0.39, 0.29) is 19.2 Å². The zero-order chi connectivity index (χ0) is 22.1. The second kappa shape index (κ2) is 11.6.